The number of hydrogen-bond acceptors (Lipinski definition) is 4. The standard InChI is InChI=1S/C18H20ClFN2OS/c1-2-3-5-12(16-13(19)6-4-7-14(16)20)10-15(23)18-17(11-8-9-11)21-22-24-18/h4,6-7,11-12H,2-3,5,8-10H2,1H3. The van der Waals surface area contributed by atoms with Crippen molar-refractivity contribution >= 4 is 28.9 Å². The molecule has 1 fully saturated rings. The van der Waals surface area contributed by atoms with E-state index in [0.717, 1.165) is 49.3 Å². The van der Waals surface area contributed by atoms with E-state index in [0.29, 0.717) is 21.4 Å². The average Bonchev–Trinajstić information content (AvgIpc) is 3.28. The fourth-order valence-corrected chi connectivity index (χ4v) is 4.05. The van der Waals surface area contributed by atoms with Crippen LogP contribution in [-0.2, 0) is 0 Å². The Morgan fingerprint density at radius 1 is 1.46 bits per heavy atom. The zero-order valence-corrected chi connectivity index (χ0v) is 15.2. The Bertz CT molecular complexity index is 709. The highest BCUT2D eigenvalue weighted by molar-refractivity contribution is 7.08. The number of rotatable bonds is 8. The molecule has 0 N–H and O–H groups in total. The maximum absolute atomic E-state index is 14.3. The Hall–Kier alpha value is -1.33. The normalized spacial score (nSPS) is 15.5. The van der Waals surface area contributed by atoms with Crippen molar-refractivity contribution in [1.82, 2.24) is 9.59 Å². The van der Waals surface area contributed by atoms with Crippen LogP contribution in [0.2, 0.25) is 5.02 Å². The van der Waals surface area contributed by atoms with Crippen molar-refractivity contribution < 1.29 is 9.18 Å². The van der Waals surface area contributed by atoms with Crippen molar-refractivity contribution in [3.05, 3.63) is 45.2 Å². The first kappa shape index (κ1) is 17.5. The minimum atomic E-state index is -0.332. The summed E-state index contributed by atoms with van der Waals surface area (Å²) in [6.07, 6.45) is 5.07. The minimum Gasteiger partial charge on any atom is -0.293 e. The van der Waals surface area contributed by atoms with Gasteiger partial charge in [-0.1, -0.05) is 41.9 Å². The molecule has 3 nitrogen and oxygen atoms in total. The summed E-state index contributed by atoms with van der Waals surface area (Å²) in [5.74, 6) is -0.150. The van der Waals surface area contributed by atoms with E-state index in [2.05, 4.69) is 16.5 Å². The molecular formula is C18H20ClFN2OS. The molecule has 128 valence electrons. The number of benzene rings is 1. The topological polar surface area (TPSA) is 42.9 Å². The van der Waals surface area contributed by atoms with Crippen molar-refractivity contribution in [2.75, 3.05) is 0 Å². The van der Waals surface area contributed by atoms with Gasteiger partial charge in [0.1, 0.15) is 10.7 Å². The third-order valence-corrected chi connectivity index (χ3v) is 5.59. The van der Waals surface area contributed by atoms with E-state index in [1.807, 2.05) is 0 Å². The average molecular weight is 367 g/mol. The van der Waals surface area contributed by atoms with Gasteiger partial charge in [-0.2, -0.15) is 0 Å². The molecular weight excluding hydrogens is 347 g/mol. The predicted molar refractivity (Wildman–Crippen MR) is 94.5 cm³/mol. The van der Waals surface area contributed by atoms with Crippen molar-refractivity contribution in [2.24, 2.45) is 0 Å². The first-order valence-corrected chi connectivity index (χ1v) is 9.56. The third kappa shape index (κ3) is 3.83. The van der Waals surface area contributed by atoms with Gasteiger partial charge in [0.25, 0.3) is 0 Å². The van der Waals surface area contributed by atoms with Crippen LogP contribution in [-0.4, -0.2) is 15.4 Å². The van der Waals surface area contributed by atoms with E-state index in [4.69, 9.17) is 11.6 Å². The molecule has 1 aliphatic carbocycles. The molecule has 0 amide bonds. The van der Waals surface area contributed by atoms with Gasteiger partial charge in [0.15, 0.2) is 5.78 Å². The zero-order chi connectivity index (χ0) is 17.1. The number of unbranched alkanes of at least 4 members (excludes halogenated alkanes) is 1. The fraction of sp³-hybridized carbons (Fsp3) is 0.500. The van der Waals surface area contributed by atoms with Gasteiger partial charge in [-0.15, -0.1) is 5.10 Å². The maximum Gasteiger partial charge on any atom is 0.176 e. The van der Waals surface area contributed by atoms with Crippen LogP contribution >= 0.6 is 23.1 Å². The van der Waals surface area contributed by atoms with Crippen molar-refractivity contribution in [3.63, 3.8) is 0 Å². The summed E-state index contributed by atoms with van der Waals surface area (Å²) in [5.41, 5.74) is 1.30. The Morgan fingerprint density at radius 2 is 2.25 bits per heavy atom. The molecule has 3 rings (SSSR count). The Morgan fingerprint density at radius 3 is 2.92 bits per heavy atom. The highest BCUT2D eigenvalue weighted by Gasteiger charge is 2.32. The number of halogens is 2. The number of aromatic nitrogens is 2. The Kier molecular flexibility index (Phi) is 5.61. The molecule has 0 saturated heterocycles. The minimum absolute atomic E-state index is 0.00678. The Labute approximate surface area is 150 Å². The van der Waals surface area contributed by atoms with E-state index >= 15 is 0 Å². The second kappa shape index (κ2) is 7.70. The fourth-order valence-electron chi connectivity index (χ4n) is 3.03. The number of ketones is 1. The van der Waals surface area contributed by atoms with E-state index in [9.17, 15) is 9.18 Å². The lowest BCUT2D eigenvalue weighted by Gasteiger charge is -2.18. The molecule has 1 aromatic heterocycles. The summed E-state index contributed by atoms with van der Waals surface area (Å²) < 4.78 is 18.3. The number of carbonyl (C=O) groups excluding carboxylic acids is 1. The molecule has 0 aliphatic heterocycles. The third-order valence-electron chi connectivity index (χ3n) is 4.48. The molecule has 1 heterocycles. The summed E-state index contributed by atoms with van der Waals surface area (Å²) >= 11 is 7.39. The van der Waals surface area contributed by atoms with Crippen LogP contribution < -0.4 is 0 Å². The molecule has 0 radical (unpaired) electrons. The van der Waals surface area contributed by atoms with Crippen LogP contribution in [0.25, 0.3) is 0 Å². The van der Waals surface area contributed by atoms with E-state index < -0.39 is 0 Å². The quantitative estimate of drug-likeness (QED) is 0.558. The van der Waals surface area contributed by atoms with Crippen LogP contribution in [0.5, 0.6) is 0 Å². The highest BCUT2D eigenvalue weighted by Crippen LogP contribution is 2.42. The smallest absolute Gasteiger partial charge is 0.176 e. The first-order valence-electron chi connectivity index (χ1n) is 8.41. The molecule has 24 heavy (non-hydrogen) atoms. The molecule has 0 bridgehead atoms. The van der Waals surface area contributed by atoms with Crippen LogP contribution in [0.1, 0.15) is 78.2 Å². The zero-order valence-electron chi connectivity index (χ0n) is 13.6. The molecule has 1 unspecified atom stereocenters. The van der Waals surface area contributed by atoms with Crippen LogP contribution in [0.3, 0.4) is 0 Å². The largest absolute Gasteiger partial charge is 0.293 e. The van der Waals surface area contributed by atoms with Gasteiger partial charge in [-0.05, 0) is 48.8 Å². The molecule has 6 heteroatoms. The highest BCUT2D eigenvalue weighted by atomic mass is 35.5. The van der Waals surface area contributed by atoms with Gasteiger partial charge in [0, 0.05) is 22.9 Å². The number of carbonyl (C=O) groups is 1. The van der Waals surface area contributed by atoms with Crippen molar-refractivity contribution in [2.45, 2.75) is 57.3 Å². The number of hydrogen-bond donors (Lipinski definition) is 0. The van der Waals surface area contributed by atoms with Gasteiger partial charge in [0.2, 0.25) is 0 Å². The SMILES string of the molecule is CCCCC(CC(=O)c1snnc1C1CC1)c1c(F)cccc1Cl. The van der Waals surface area contributed by atoms with E-state index in [1.165, 1.54) is 6.07 Å². The van der Waals surface area contributed by atoms with Gasteiger partial charge < -0.3 is 0 Å². The van der Waals surface area contributed by atoms with Crippen molar-refractivity contribution in [3.8, 4) is 0 Å². The van der Waals surface area contributed by atoms with Gasteiger partial charge >= 0.3 is 0 Å². The summed E-state index contributed by atoms with van der Waals surface area (Å²) in [5, 5.41) is 4.52. The molecule has 0 spiro atoms. The van der Waals surface area contributed by atoms with Crippen LogP contribution in [0.15, 0.2) is 18.2 Å². The molecule has 1 atom stereocenters. The van der Waals surface area contributed by atoms with Gasteiger partial charge in [-0.3, -0.25) is 4.79 Å². The summed E-state index contributed by atoms with van der Waals surface area (Å²) in [6, 6.07) is 4.69. The maximum atomic E-state index is 14.3. The lowest BCUT2D eigenvalue weighted by atomic mass is 9.88. The second-order valence-electron chi connectivity index (χ2n) is 6.36. The lowest BCUT2D eigenvalue weighted by Crippen LogP contribution is -2.10. The molecule has 1 aliphatic rings. The van der Waals surface area contributed by atoms with E-state index in [1.54, 1.807) is 12.1 Å². The van der Waals surface area contributed by atoms with Gasteiger partial charge in [0.05, 0.1) is 5.69 Å². The summed E-state index contributed by atoms with van der Waals surface area (Å²) in [4.78, 5) is 13.4. The molecule has 1 saturated carbocycles. The number of nitrogens with zero attached hydrogens (tertiary/aromatic N) is 2. The van der Waals surface area contributed by atoms with Gasteiger partial charge in [-0.25, -0.2) is 4.39 Å². The van der Waals surface area contributed by atoms with Crippen LogP contribution in [0, 0.1) is 5.82 Å². The lowest BCUT2D eigenvalue weighted by molar-refractivity contribution is 0.0974. The molecule has 2 aromatic rings. The number of Topliss-reactive ketones (excluding diaryl/α,β-unsaturated/α-hetero) is 1. The summed E-state index contributed by atoms with van der Waals surface area (Å²) in [7, 11) is 0. The Balaban J connectivity index is 1.84. The molecule has 1 aromatic carbocycles. The first-order chi connectivity index (χ1) is 11.6. The summed E-state index contributed by atoms with van der Waals surface area (Å²) in [6.45, 7) is 2.08. The van der Waals surface area contributed by atoms with E-state index in [-0.39, 0.29) is 23.9 Å². The van der Waals surface area contributed by atoms with Crippen molar-refractivity contribution in [1.29, 1.82) is 0 Å². The van der Waals surface area contributed by atoms with Crippen LogP contribution in [0.4, 0.5) is 4.39 Å². The second-order valence-corrected chi connectivity index (χ2v) is 7.52. The predicted octanol–water partition coefficient (Wildman–Crippen LogP) is 5.75. The monoisotopic (exact) mass is 366 g/mol.